The zero-order chi connectivity index (χ0) is 22.4. The van der Waals surface area contributed by atoms with Crippen molar-refractivity contribution in [2.45, 2.75) is 31.5 Å². The largest absolute Gasteiger partial charge is 0.355 e. The first kappa shape index (κ1) is 23.3. The predicted octanol–water partition coefficient (Wildman–Crippen LogP) is 4.30. The average Bonchev–Trinajstić information content (AvgIpc) is 3.17. The molecule has 8 heteroatoms. The topological polar surface area (TPSA) is 63.1 Å². The van der Waals surface area contributed by atoms with E-state index in [0.717, 1.165) is 17.9 Å². The molecule has 0 bridgehead atoms. The molecule has 0 saturated carbocycles. The van der Waals surface area contributed by atoms with Crippen LogP contribution in [0.3, 0.4) is 0 Å². The van der Waals surface area contributed by atoms with Gasteiger partial charge in [0.1, 0.15) is 0 Å². The molecular weight excluding hydrogens is 430 g/mol. The highest BCUT2D eigenvalue weighted by Crippen LogP contribution is 2.27. The van der Waals surface area contributed by atoms with Crippen molar-refractivity contribution in [1.82, 2.24) is 25.0 Å². The molecule has 1 unspecified atom stereocenters. The highest BCUT2D eigenvalue weighted by Gasteiger charge is 2.21. The van der Waals surface area contributed by atoms with Crippen LogP contribution in [0.25, 0.3) is 5.69 Å². The molecule has 0 fully saturated rings. The van der Waals surface area contributed by atoms with Crippen LogP contribution in [0.5, 0.6) is 0 Å². The van der Waals surface area contributed by atoms with Crippen molar-refractivity contribution in [2.75, 3.05) is 26.4 Å². The minimum absolute atomic E-state index is 0.0218. The van der Waals surface area contributed by atoms with Crippen LogP contribution >= 0.6 is 23.4 Å². The minimum Gasteiger partial charge on any atom is -0.355 e. The molecule has 0 aliphatic heterocycles. The molecule has 3 rings (SSSR count). The number of benzene rings is 2. The number of carbonyl (C=O) groups is 1. The second-order valence-electron chi connectivity index (χ2n) is 7.61. The van der Waals surface area contributed by atoms with Crippen molar-refractivity contribution in [3.63, 3.8) is 0 Å². The molecule has 0 radical (unpaired) electrons. The molecule has 6 nitrogen and oxygen atoms in total. The smallest absolute Gasteiger partial charge is 0.230 e. The van der Waals surface area contributed by atoms with Crippen molar-refractivity contribution in [2.24, 2.45) is 0 Å². The van der Waals surface area contributed by atoms with Crippen LogP contribution < -0.4 is 5.32 Å². The number of rotatable bonds is 9. The third kappa shape index (κ3) is 6.09. The Morgan fingerprint density at radius 1 is 1.16 bits per heavy atom. The number of halogens is 1. The Morgan fingerprint density at radius 2 is 1.87 bits per heavy atom. The molecule has 1 heterocycles. The molecular formula is C23H28ClN5OS. The number of aromatic nitrogens is 3. The standard InChI is InChI=1S/C23H28ClN5OS/c1-16-7-5-6-8-18(16)13-14-25-21(30)15-31-23-27-26-22(17(2)28(3)4)29(23)20-11-9-19(24)10-12-20/h5-12,17H,13-15H2,1-4H3,(H,25,30). The number of nitrogens with zero attached hydrogens (tertiary/aromatic N) is 4. The van der Waals surface area contributed by atoms with E-state index >= 15 is 0 Å². The van der Waals surface area contributed by atoms with Gasteiger partial charge in [0.05, 0.1) is 11.8 Å². The number of hydrogen-bond acceptors (Lipinski definition) is 5. The number of carbonyl (C=O) groups excluding carboxylic acids is 1. The second-order valence-corrected chi connectivity index (χ2v) is 8.99. The van der Waals surface area contributed by atoms with E-state index < -0.39 is 0 Å². The van der Waals surface area contributed by atoms with E-state index in [0.29, 0.717) is 16.7 Å². The van der Waals surface area contributed by atoms with Gasteiger partial charge in [0.15, 0.2) is 11.0 Å². The quantitative estimate of drug-likeness (QED) is 0.485. The number of amides is 1. The van der Waals surface area contributed by atoms with E-state index in [1.54, 1.807) is 0 Å². The van der Waals surface area contributed by atoms with Crippen LogP contribution in [0.1, 0.15) is 29.9 Å². The van der Waals surface area contributed by atoms with E-state index in [1.165, 1.54) is 22.9 Å². The summed E-state index contributed by atoms with van der Waals surface area (Å²) in [6.07, 6.45) is 0.814. The van der Waals surface area contributed by atoms with Crippen LogP contribution in [0.4, 0.5) is 0 Å². The molecule has 0 saturated heterocycles. The van der Waals surface area contributed by atoms with Crippen LogP contribution in [-0.4, -0.2) is 52.0 Å². The lowest BCUT2D eigenvalue weighted by Gasteiger charge is -2.20. The first-order valence-electron chi connectivity index (χ1n) is 10.2. The fourth-order valence-electron chi connectivity index (χ4n) is 3.12. The zero-order valence-electron chi connectivity index (χ0n) is 18.3. The van der Waals surface area contributed by atoms with Crippen molar-refractivity contribution in [3.8, 4) is 5.69 Å². The Balaban J connectivity index is 1.67. The number of nitrogens with one attached hydrogen (secondary N) is 1. The number of hydrogen-bond donors (Lipinski definition) is 1. The lowest BCUT2D eigenvalue weighted by Crippen LogP contribution is -2.27. The van der Waals surface area contributed by atoms with Crippen molar-refractivity contribution in [3.05, 3.63) is 70.5 Å². The molecule has 3 aromatic rings. The van der Waals surface area contributed by atoms with E-state index in [9.17, 15) is 4.79 Å². The van der Waals surface area contributed by atoms with Gasteiger partial charge >= 0.3 is 0 Å². The average molecular weight is 458 g/mol. The van der Waals surface area contributed by atoms with Gasteiger partial charge < -0.3 is 5.32 Å². The van der Waals surface area contributed by atoms with Gasteiger partial charge in [-0.2, -0.15) is 0 Å². The first-order chi connectivity index (χ1) is 14.9. The molecule has 0 spiro atoms. The Labute approximate surface area is 193 Å². The normalized spacial score (nSPS) is 12.2. The molecule has 164 valence electrons. The molecule has 2 aromatic carbocycles. The zero-order valence-corrected chi connectivity index (χ0v) is 19.9. The van der Waals surface area contributed by atoms with Crippen LogP contribution in [0.15, 0.2) is 53.7 Å². The lowest BCUT2D eigenvalue weighted by molar-refractivity contribution is -0.118. The molecule has 1 N–H and O–H groups in total. The van der Waals surface area contributed by atoms with Gasteiger partial charge in [-0.3, -0.25) is 14.3 Å². The summed E-state index contributed by atoms with van der Waals surface area (Å²) in [5, 5.41) is 13.1. The van der Waals surface area contributed by atoms with E-state index in [1.807, 2.05) is 55.1 Å². The fourth-order valence-corrected chi connectivity index (χ4v) is 4.03. The van der Waals surface area contributed by atoms with Gasteiger partial charge in [-0.05, 0) is 69.8 Å². The van der Waals surface area contributed by atoms with Crippen molar-refractivity contribution in [1.29, 1.82) is 0 Å². The van der Waals surface area contributed by atoms with E-state index in [-0.39, 0.29) is 17.7 Å². The highest BCUT2D eigenvalue weighted by atomic mass is 35.5. The Morgan fingerprint density at radius 3 is 2.55 bits per heavy atom. The summed E-state index contributed by atoms with van der Waals surface area (Å²) in [6.45, 7) is 4.77. The summed E-state index contributed by atoms with van der Waals surface area (Å²) in [6, 6.07) is 15.8. The van der Waals surface area contributed by atoms with Crippen LogP contribution in [0, 0.1) is 6.92 Å². The summed E-state index contributed by atoms with van der Waals surface area (Å²) in [4.78, 5) is 14.5. The molecule has 1 atom stereocenters. The number of aryl methyl sites for hydroxylation is 1. The summed E-state index contributed by atoms with van der Waals surface area (Å²) >= 11 is 7.44. The van der Waals surface area contributed by atoms with Gasteiger partial charge in [0.2, 0.25) is 5.91 Å². The lowest BCUT2D eigenvalue weighted by atomic mass is 10.1. The molecule has 31 heavy (non-hydrogen) atoms. The van der Waals surface area contributed by atoms with Crippen molar-refractivity contribution >= 4 is 29.3 Å². The van der Waals surface area contributed by atoms with E-state index in [4.69, 9.17) is 11.6 Å². The van der Waals surface area contributed by atoms with Gasteiger partial charge in [0.25, 0.3) is 0 Å². The van der Waals surface area contributed by atoms with Gasteiger partial charge in [0, 0.05) is 17.3 Å². The third-order valence-corrected chi connectivity index (χ3v) is 6.38. The van der Waals surface area contributed by atoms with E-state index in [2.05, 4.69) is 46.4 Å². The number of thioether (sulfide) groups is 1. The maximum atomic E-state index is 12.4. The summed E-state index contributed by atoms with van der Waals surface area (Å²) in [5.74, 6) is 1.07. The Hall–Kier alpha value is -2.35. The van der Waals surface area contributed by atoms with Crippen molar-refractivity contribution < 1.29 is 4.79 Å². The van der Waals surface area contributed by atoms with Gasteiger partial charge in [-0.1, -0.05) is 47.6 Å². The van der Waals surface area contributed by atoms with Gasteiger partial charge in [-0.15, -0.1) is 10.2 Å². The molecule has 0 aliphatic rings. The minimum atomic E-state index is -0.0218. The molecule has 1 aromatic heterocycles. The van der Waals surface area contributed by atoms with Crippen LogP contribution in [-0.2, 0) is 11.2 Å². The molecule has 1 amide bonds. The third-order valence-electron chi connectivity index (χ3n) is 5.20. The highest BCUT2D eigenvalue weighted by molar-refractivity contribution is 7.99. The SMILES string of the molecule is Cc1ccccc1CCNC(=O)CSc1nnc(C(C)N(C)C)n1-c1ccc(Cl)cc1. The van der Waals surface area contributed by atoms with Crippen LogP contribution in [0.2, 0.25) is 5.02 Å². The fraction of sp³-hybridized carbons (Fsp3) is 0.348. The molecule has 0 aliphatic carbocycles. The maximum absolute atomic E-state index is 12.4. The second kappa shape index (κ2) is 10.8. The summed E-state index contributed by atoms with van der Waals surface area (Å²) in [7, 11) is 4.00. The summed E-state index contributed by atoms with van der Waals surface area (Å²) in [5.41, 5.74) is 3.41. The predicted molar refractivity (Wildman–Crippen MR) is 127 cm³/mol. The monoisotopic (exact) mass is 457 g/mol. The van der Waals surface area contributed by atoms with Gasteiger partial charge in [-0.25, -0.2) is 0 Å². The first-order valence-corrected chi connectivity index (χ1v) is 11.5. The Bertz CT molecular complexity index is 1020. The summed E-state index contributed by atoms with van der Waals surface area (Å²) < 4.78 is 1.99. The Kier molecular flexibility index (Phi) is 8.12. The maximum Gasteiger partial charge on any atom is 0.230 e.